The summed E-state index contributed by atoms with van der Waals surface area (Å²) in [7, 11) is 0. The van der Waals surface area contributed by atoms with Crippen LogP contribution in [0.4, 0.5) is 5.69 Å². The van der Waals surface area contributed by atoms with Gasteiger partial charge in [-0.05, 0) is 30.5 Å². The molecule has 0 spiro atoms. The summed E-state index contributed by atoms with van der Waals surface area (Å²) in [6.45, 7) is -0.326. The minimum atomic E-state index is -0.564. The summed E-state index contributed by atoms with van der Waals surface area (Å²) in [4.78, 5) is 38.2. The van der Waals surface area contributed by atoms with E-state index in [1.165, 1.54) is 11.8 Å². The van der Waals surface area contributed by atoms with Gasteiger partial charge in [-0.15, -0.1) is 23.5 Å². The van der Waals surface area contributed by atoms with E-state index in [9.17, 15) is 14.4 Å². The topological polar surface area (TPSA) is 72.5 Å². The number of benzene rings is 2. The molecule has 2 aromatic carbocycles. The van der Waals surface area contributed by atoms with Gasteiger partial charge in [0.1, 0.15) is 0 Å². The molecular weight excluding hydrogens is 370 g/mol. The van der Waals surface area contributed by atoms with Crippen LogP contribution in [-0.2, 0) is 14.3 Å². The lowest BCUT2D eigenvalue weighted by molar-refractivity contribution is -0.143. The number of thioether (sulfide) groups is 2. The van der Waals surface area contributed by atoms with Gasteiger partial charge in [0.05, 0.1) is 17.4 Å². The molecule has 1 heterocycles. The molecule has 0 bridgehead atoms. The smallest absolute Gasteiger partial charge is 0.307 e. The highest BCUT2D eigenvalue weighted by atomic mass is 32.2. The molecule has 1 amide bonds. The standard InChI is InChI=1S/C19H17NO4S2/c1-25-13-8-6-12(7-9-13)15(21)11-24-18(22)10-17-19(23)20-14-4-2-3-5-16(14)26-17/h2-9,17H,10-11H2,1H3,(H,20,23)/t17-/m1/s1. The van der Waals surface area contributed by atoms with Crippen LogP contribution < -0.4 is 5.32 Å². The molecule has 0 aromatic heterocycles. The minimum absolute atomic E-state index is 0.0798. The highest BCUT2D eigenvalue weighted by Gasteiger charge is 2.29. The van der Waals surface area contributed by atoms with Crippen molar-refractivity contribution >= 4 is 46.9 Å². The quantitative estimate of drug-likeness (QED) is 0.464. The Bertz CT molecular complexity index is 836. The average Bonchev–Trinajstić information content (AvgIpc) is 2.66. The molecular formula is C19H17NO4S2. The number of hydrogen-bond donors (Lipinski definition) is 1. The van der Waals surface area contributed by atoms with E-state index in [0.717, 1.165) is 15.5 Å². The number of Topliss-reactive ketones (excluding diaryl/α,β-unsaturated/α-hetero) is 1. The van der Waals surface area contributed by atoms with Crippen LogP contribution in [0, 0.1) is 0 Å². The first-order valence-corrected chi connectivity index (χ1v) is 10.1. The zero-order valence-electron chi connectivity index (χ0n) is 14.1. The Morgan fingerprint density at radius 3 is 2.62 bits per heavy atom. The second-order valence-electron chi connectivity index (χ2n) is 5.61. The Morgan fingerprint density at radius 2 is 1.88 bits per heavy atom. The maximum atomic E-state index is 12.1. The van der Waals surface area contributed by atoms with Crippen molar-refractivity contribution in [3.63, 3.8) is 0 Å². The third-order valence-corrected chi connectivity index (χ3v) is 5.85. The van der Waals surface area contributed by atoms with Crippen molar-refractivity contribution in [2.45, 2.75) is 21.5 Å². The van der Waals surface area contributed by atoms with Crippen molar-refractivity contribution in [2.75, 3.05) is 18.2 Å². The predicted octanol–water partition coefficient (Wildman–Crippen LogP) is 3.64. The summed E-state index contributed by atoms with van der Waals surface area (Å²) in [5, 5.41) is 2.22. The van der Waals surface area contributed by atoms with Crippen molar-refractivity contribution in [3.8, 4) is 0 Å². The van der Waals surface area contributed by atoms with Gasteiger partial charge in [0.2, 0.25) is 5.91 Å². The summed E-state index contributed by atoms with van der Waals surface area (Å²) in [6, 6.07) is 14.5. The molecule has 26 heavy (non-hydrogen) atoms. The van der Waals surface area contributed by atoms with Gasteiger partial charge < -0.3 is 10.1 Å². The number of rotatable bonds is 6. The van der Waals surface area contributed by atoms with Crippen molar-refractivity contribution in [3.05, 3.63) is 54.1 Å². The van der Waals surface area contributed by atoms with Gasteiger partial charge in [0.25, 0.3) is 0 Å². The molecule has 0 radical (unpaired) electrons. The van der Waals surface area contributed by atoms with E-state index in [0.29, 0.717) is 5.56 Å². The van der Waals surface area contributed by atoms with Gasteiger partial charge >= 0.3 is 5.97 Å². The van der Waals surface area contributed by atoms with Crippen molar-refractivity contribution in [1.82, 2.24) is 0 Å². The fourth-order valence-corrected chi connectivity index (χ4v) is 3.95. The van der Waals surface area contributed by atoms with Gasteiger partial charge in [-0.25, -0.2) is 0 Å². The van der Waals surface area contributed by atoms with E-state index in [4.69, 9.17) is 4.74 Å². The normalized spacial score (nSPS) is 15.7. The van der Waals surface area contributed by atoms with Crippen LogP contribution in [-0.4, -0.2) is 35.8 Å². The van der Waals surface area contributed by atoms with Crippen LogP contribution >= 0.6 is 23.5 Å². The Labute approximate surface area is 159 Å². The van der Waals surface area contributed by atoms with E-state index in [1.807, 2.05) is 42.7 Å². The number of amides is 1. The van der Waals surface area contributed by atoms with Crippen molar-refractivity contribution in [2.24, 2.45) is 0 Å². The molecule has 1 aliphatic rings. The lowest BCUT2D eigenvalue weighted by Gasteiger charge is -2.23. The first kappa shape index (κ1) is 18.5. The molecule has 0 aliphatic carbocycles. The van der Waals surface area contributed by atoms with Gasteiger partial charge in [0.15, 0.2) is 12.4 Å². The molecule has 0 saturated carbocycles. The van der Waals surface area contributed by atoms with Gasteiger partial charge in [-0.2, -0.15) is 0 Å². The monoisotopic (exact) mass is 387 g/mol. The van der Waals surface area contributed by atoms with Crippen LogP contribution in [0.15, 0.2) is 58.3 Å². The second kappa shape index (κ2) is 8.42. The summed E-state index contributed by atoms with van der Waals surface area (Å²) in [5.74, 6) is -1.06. The summed E-state index contributed by atoms with van der Waals surface area (Å²) < 4.78 is 5.07. The van der Waals surface area contributed by atoms with Crippen LogP contribution in [0.1, 0.15) is 16.8 Å². The lowest BCUT2D eigenvalue weighted by Crippen LogP contribution is -2.31. The molecule has 1 N–H and O–H groups in total. The van der Waals surface area contributed by atoms with E-state index in [-0.39, 0.29) is 24.7 Å². The molecule has 0 fully saturated rings. The molecule has 5 nitrogen and oxygen atoms in total. The SMILES string of the molecule is CSc1ccc(C(=O)COC(=O)C[C@H]2Sc3ccccc3NC2=O)cc1. The summed E-state index contributed by atoms with van der Waals surface area (Å²) >= 11 is 2.91. The number of carbonyl (C=O) groups excluding carboxylic acids is 3. The molecule has 3 rings (SSSR count). The van der Waals surface area contributed by atoms with Crippen LogP contribution in [0.25, 0.3) is 0 Å². The number of para-hydroxylation sites is 1. The molecule has 2 aromatic rings. The molecule has 0 saturated heterocycles. The van der Waals surface area contributed by atoms with Gasteiger partial charge in [0, 0.05) is 15.4 Å². The first-order chi connectivity index (χ1) is 12.6. The van der Waals surface area contributed by atoms with Gasteiger partial charge in [-0.1, -0.05) is 24.3 Å². The summed E-state index contributed by atoms with van der Waals surface area (Å²) in [6.07, 6.45) is 1.87. The van der Waals surface area contributed by atoms with E-state index in [1.54, 1.807) is 23.9 Å². The number of hydrogen-bond acceptors (Lipinski definition) is 6. The van der Waals surface area contributed by atoms with E-state index >= 15 is 0 Å². The average molecular weight is 387 g/mol. The zero-order chi connectivity index (χ0) is 18.5. The maximum Gasteiger partial charge on any atom is 0.307 e. The summed E-state index contributed by atoms with van der Waals surface area (Å²) in [5.41, 5.74) is 1.24. The maximum absolute atomic E-state index is 12.1. The highest BCUT2D eigenvalue weighted by molar-refractivity contribution is 8.01. The molecule has 1 atom stereocenters. The number of anilines is 1. The number of carbonyl (C=O) groups is 3. The Kier molecular flexibility index (Phi) is 6.00. The molecule has 1 aliphatic heterocycles. The fourth-order valence-electron chi connectivity index (χ4n) is 2.44. The Hall–Kier alpha value is -2.25. The Balaban J connectivity index is 1.52. The Morgan fingerprint density at radius 1 is 1.15 bits per heavy atom. The number of ether oxygens (including phenoxy) is 1. The first-order valence-electron chi connectivity index (χ1n) is 7.96. The number of ketones is 1. The number of fused-ring (bicyclic) bond motifs is 1. The predicted molar refractivity (Wildman–Crippen MR) is 103 cm³/mol. The fraction of sp³-hybridized carbons (Fsp3) is 0.211. The molecule has 0 unspecified atom stereocenters. The largest absolute Gasteiger partial charge is 0.457 e. The van der Waals surface area contributed by atoms with E-state index < -0.39 is 11.2 Å². The van der Waals surface area contributed by atoms with Crippen LogP contribution in [0.5, 0.6) is 0 Å². The molecule has 134 valence electrons. The zero-order valence-corrected chi connectivity index (χ0v) is 15.7. The van der Waals surface area contributed by atoms with E-state index in [2.05, 4.69) is 5.32 Å². The molecule has 7 heteroatoms. The van der Waals surface area contributed by atoms with Crippen molar-refractivity contribution in [1.29, 1.82) is 0 Å². The minimum Gasteiger partial charge on any atom is -0.457 e. The third kappa shape index (κ3) is 4.47. The lowest BCUT2D eigenvalue weighted by atomic mass is 10.1. The van der Waals surface area contributed by atoms with Crippen molar-refractivity contribution < 1.29 is 19.1 Å². The van der Waals surface area contributed by atoms with Crippen LogP contribution in [0.2, 0.25) is 0 Å². The highest BCUT2D eigenvalue weighted by Crippen LogP contribution is 2.36. The number of nitrogens with one attached hydrogen (secondary N) is 1. The van der Waals surface area contributed by atoms with Crippen LogP contribution in [0.3, 0.4) is 0 Å². The number of esters is 1. The third-order valence-electron chi connectivity index (χ3n) is 3.83. The van der Waals surface area contributed by atoms with Gasteiger partial charge in [-0.3, -0.25) is 14.4 Å². The second-order valence-corrected chi connectivity index (χ2v) is 7.73.